The Morgan fingerprint density at radius 1 is 1.27 bits per heavy atom. The fourth-order valence-corrected chi connectivity index (χ4v) is 3.07. The predicted octanol–water partition coefficient (Wildman–Crippen LogP) is 4.64. The van der Waals surface area contributed by atoms with Crippen LogP contribution in [-0.2, 0) is 6.42 Å². The molecule has 112 valence electrons. The van der Waals surface area contributed by atoms with Crippen molar-refractivity contribution >= 4 is 33.5 Å². The molecule has 0 aliphatic heterocycles. The lowest BCUT2D eigenvalue weighted by Crippen LogP contribution is -2.03. The number of pyridine rings is 1. The zero-order valence-electron chi connectivity index (χ0n) is 12.2. The van der Waals surface area contributed by atoms with Crippen LogP contribution in [0.25, 0.3) is 0 Å². The third-order valence-corrected chi connectivity index (χ3v) is 4.57. The molecule has 1 aromatic carbocycles. The van der Waals surface area contributed by atoms with E-state index in [1.165, 1.54) is 11.8 Å². The summed E-state index contributed by atoms with van der Waals surface area (Å²) in [6.07, 6.45) is 1.88. The standard InChI is InChI=1S/C17H15BrN2OS/c1-2-3-15-9-6-13(10-19)17(20-15)22-11-16(21)12-4-7-14(18)8-5-12/h4-9H,2-3,11H2,1H3. The number of halogens is 1. The number of nitriles is 1. The second-order valence-corrected chi connectivity index (χ2v) is 6.62. The van der Waals surface area contributed by atoms with Crippen molar-refractivity contribution in [3.63, 3.8) is 0 Å². The van der Waals surface area contributed by atoms with Gasteiger partial charge in [0.15, 0.2) is 5.78 Å². The summed E-state index contributed by atoms with van der Waals surface area (Å²) in [5.74, 6) is 0.308. The van der Waals surface area contributed by atoms with Crippen molar-refractivity contribution < 1.29 is 4.79 Å². The van der Waals surface area contributed by atoms with Crippen molar-refractivity contribution in [3.05, 3.63) is 57.7 Å². The molecule has 0 radical (unpaired) electrons. The van der Waals surface area contributed by atoms with Crippen LogP contribution >= 0.6 is 27.7 Å². The summed E-state index contributed by atoms with van der Waals surface area (Å²) in [5, 5.41) is 9.80. The Bertz CT molecular complexity index is 708. The summed E-state index contributed by atoms with van der Waals surface area (Å²) in [7, 11) is 0. The maximum absolute atomic E-state index is 12.2. The van der Waals surface area contributed by atoms with Crippen LogP contribution in [0.15, 0.2) is 45.9 Å². The molecule has 0 amide bonds. The molecule has 0 atom stereocenters. The lowest BCUT2D eigenvalue weighted by Gasteiger charge is -2.06. The summed E-state index contributed by atoms with van der Waals surface area (Å²) >= 11 is 4.67. The van der Waals surface area contributed by atoms with Gasteiger partial charge in [0.05, 0.1) is 11.3 Å². The first-order valence-electron chi connectivity index (χ1n) is 6.95. The Morgan fingerprint density at radius 2 is 2.00 bits per heavy atom. The summed E-state index contributed by atoms with van der Waals surface area (Å²) in [6, 6.07) is 13.1. The van der Waals surface area contributed by atoms with E-state index in [1.54, 1.807) is 18.2 Å². The van der Waals surface area contributed by atoms with Crippen LogP contribution in [0.4, 0.5) is 0 Å². The maximum atomic E-state index is 12.2. The predicted molar refractivity (Wildman–Crippen MR) is 92.1 cm³/mol. The second-order valence-electron chi connectivity index (χ2n) is 4.74. The van der Waals surface area contributed by atoms with Crippen molar-refractivity contribution in [2.75, 3.05) is 5.75 Å². The van der Waals surface area contributed by atoms with Crippen molar-refractivity contribution in [2.24, 2.45) is 0 Å². The van der Waals surface area contributed by atoms with Crippen molar-refractivity contribution in [1.29, 1.82) is 5.26 Å². The molecule has 0 saturated heterocycles. The monoisotopic (exact) mass is 374 g/mol. The Balaban J connectivity index is 2.10. The number of aryl methyl sites for hydroxylation is 1. The topological polar surface area (TPSA) is 53.8 Å². The number of benzene rings is 1. The zero-order valence-corrected chi connectivity index (χ0v) is 14.6. The number of thioether (sulfide) groups is 1. The van der Waals surface area contributed by atoms with Crippen LogP contribution < -0.4 is 0 Å². The Kier molecular flexibility index (Phi) is 6.17. The Labute approximate surface area is 142 Å². The molecule has 1 aromatic heterocycles. The van der Waals surface area contributed by atoms with E-state index in [1.807, 2.05) is 18.2 Å². The first-order chi connectivity index (χ1) is 10.6. The molecule has 2 aromatic rings. The van der Waals surface area contributed by atoms with Gasteiger partial charge in [0, 0.05) is 15.7 Å². The van der Waals surface area contributed by atoms with E-state index in [9.17, 15) is 4.79 Å². The fraction of sp³-hybridized carbons (Fsp3) is 0.235. The number of hydrogen-bond donors (Lipinski definition) is 0. The quantitative estimate of drug-likeness (QED) is 0.545. The molecule has 0 N–H and O–H groups in total. The highest BCUT2D eigenvalue weighted by atomic mass is 79.9. The lowest BCUT2D eigenvalue weighted by atomic mass is 10.2. The normalized spacial score (nSPS) is 10.2. The van der Waals surface area contributed by atoms with Crippen LogP contribution in [0.2, 0.25) is 0 Å². The molecule has 0 spiro atoms. The van der Waals surface area contributed by atoms with Gasteiger partial charge in [0.2, 0.25) is 0 Å². The smallest absolute Gasteiger partial charge is 0.173 e. The first kappa shape index (κ1) is 16.7. The molecular weight excluding hydrogens is 360 g/mol. The van der Waals surface area contributed by atoms with Gasteiger partial charge in [-0.05, 0) is 30.7 Å². The number of rotatable bonds is 6. The van der Waals surface area contributed by atoms with Crippen LogP contribution in [0.5, 0.6) is 0 Å². The molecule has 1 heterocycles. The number of hydrogen-bond acceptors (Lipinski definition) is 4. The molecule has 0 unspecified atom stereocenters. The van der Waals surface area contributed by atoms with Crippen molar-refractivity contribution in [3.8, 4) is 6.07 Å². The van der Waals surface area contributed by atoms with Gasteiger partial charge in [-0.3, -0.25) is 4.79 Å². The van der Waals surface area contributed by atoms with E-state index in [0.717, 1.165) is 23.0 Å². The average Bonchev–Trinajstić information content (AvgIpc) is 2.54. The fourth-order valence-electron chi connectivity index (χ4n) is 1.92. The molecule has 0 aliphatic carbocycles. The van der Waals surface area contributed by atoms with Gasteiger partial charge in [-0.2, -0.15) is 5.26 Å². The van der Waals surface area contributed by atoms with Gasteiger partial charge in [-0.1, -0.05) is 53.2 Å². The first-order valence-corrected chi connectivity index (χ1v) is 8.73. The maximum Gasteiger partial charge on any atom is 0.173 e. The van der Waals surface area contributed by atoms with Gasteiger partial charge >= 0.3 is 0 Å². The zero-order chi connectivity index (χ0) is 15.9. The summed E-state index contributed by atoms with van der Waals surface area (Å²) in [6.45, 7) is 2.09. The molecule has 0 fully saturated rings. The second kappa shape index (κ2) is 8.11. The third-order valence-electron chi connectivity index (χ3n) is 3.05. The van der Waals surface area contributed by atoms with E-state index in [-0.39, 0.29) is 11.5 Å². The largest absolute Gasteiger partial charge is 0.293 e. The molecule has 22 heavy (non-hydrogen) atoms. The summed E-state index contributed by atoms with van der Waals surface area (Å²) in [5.41, 5.74) is 2.15. The van der Waals surface area contributed by atoms with E-state index < -0.39 is 0 Å². The molecule has 0 saturated carbocycles. The van der Waals surface area contributed by atoms with Crippen LogP contribution in [0, 0.1) is 11.3 Å². The SMILES string of the molecule is CCCc1ccc(C#N)c(SCC(=O)c2ccc(Br)cc2)n1. The molecule has 5 heteroatoms. The Morgan fingerprint density at radius 3 is 2.64 bits per heavy atom. The minimum absolute atomic E-state index is 0.0316. The van der Waals surface area contributed by atoms with Crippen LogP contribution in [0.1, 0.15) is 35.0 Å². The number of carbonyl (C=O) groups is 1. The summed E-state index contributed by atoms with van der Waals surface area (Å²) < 4.78 is 0.942. The highest BCUT2D eigenvalue weighted by molar-refractivity contribution is 9.10. The Hall–Kier alpha value is -1.64. The minimum atomic E-state index is 0.0316. The molecule has 0 bridgehead atoms. The van der Waals surface area contributed by atoms with Crippen molar-refractivity contribution in [2.45, 2.75) is 24.8 Å². The van der Waals surface area contributed by atoms with E-state index in [4.69, 9.17) is 5.26 Å². The van der Waals surface area contributed by atoms with Gasteiger partial charge in [0.25, 0.3) is 0 Å². The van der Waals surface area contributed by atoms with Gasteiger partial charge in [-0.15, -0.1) is 0 Å². The number of ketones is 1. The lowest BCUT2D eigenvalue weighted by molar-refractivity contribution is 0.102. The summed E-state index contributed by atoms with van der Waals surface area (Å²) in [4.78, 5) is 16.7. The average molecular weight is 375 g/mol. The van der Waals surface area contributed by atoms with Crippen LogP contribution in [0.3, 0.4) is 0 Å². The minimum Gasteiger partial charge on any atom is -0.293 e. The third kappa shape index (κ3) is 4.43. The highest BCUT2D eigenvalue weighted by Crippen LogP contribution is 2.22. The molecule has 2 rings (SSSR count). The number of carbonyl (C=O) groups excluding carboxylic acids is 1. The number of aromatic nitrogens is 1. The van der Waals surface area contributed by atoms with E-state index in [0.29, 0.717) is 16.2 Å². The molecule has 0 aliphatic rings. The van der Waals surface area contributed by atoms with E-state index >= 15 is 0 Å². The van der Waals surface area contributed by atoms with Gasteiger partial charge < -0.3 is 0 Å². The molecular formula is C17H15BrN2OS. The number of Topliss-reactive ketones (excluding diaryl/α,β-unsaturated/α-hetero) is 1. The van der Waals surface area contributed by atoms with Gasteiger partial charge in [-0.25, -0.2) is 4.98 Å². The van der Waals surface area contributed by atoms with E-state index in [2.05, 4.69) is 33.9 Å². The van der Waals surface area contributed by atoms with Crippen LogP contribution in [-0.4, -0.2) is 16.5 Å². The van der Waals surface area contributed by atoms with Gasteiger partial charge in [0.1, 0.15) is 11.1 Å². The number of nitrogens with zero attached hydrogens (tertiary/aromatic N) is 2. The molecule has 3 nitrogen and oxygen atoms in total. The highest BCUT2D eigenvalue weighted by Gasteiger charge is 2.11. The van der Waals surface area contributed by atoms with Crippen molar-refractivity contribution in [1.82, 2.24) is 4.98 Å².